The molecule has 216 valence electrons. The molecular weight excluding hydrogens is 544 g/mol. The van der Waals surface area contributed by atoms with Crippen LogP contribution in [0.3, 0.4) is 0 Å². The predicted octanol–water partition coefficient (Wildman–Crippen LogP) is 9.62. The second-order valence-electron chi connectivity index (χ2n) is 11.3. The van der Waals surface area contributed by atoms with Gasteiger partial charge in [0.05, 0.1) is 7.11 Å². The van der Waals surface area contributed by atoms with E-state index in [-0.39, 0.29) is 0 Å². The minimum Gasteiger partial charge on any atom is -0.497 e. The van der Waals surface area contributed by atoms with Crippen LogP contribution < -0.4 is 10.4 Å². The number of hydrogen-bond acceptors (Lipinski definition) is 1. The van der Waals surface area contributed by atoms with Crippen LogP contribution in [0.25, 0.3) is 44.2 Å². The van der Waals surface area contributed by atoms with Crippen LogP contribution in [0.5, 0.6) is 0 Å². The molecule has 0 saturated heterocycles. The minimum atomic E-state index is 0.701. The van der Waals surface area contributed by atoms with E-state index in [1.165, 1.54) is 60.2 Å². The molecule has 0 aliphatic heterocycles. The smallest absolute Gasteiger partial charge is 0.115 e. The van der Waals surface area contributed by atoms with E-state index in [0.717, 1.165) is 16.9 Å². The largest absolute Gasteiger partial charge is 0.497 e. The first-order valence-corrected chi connectivity index (χ1v) is 15.4. The molecule has 0 unspecified atom stereocenters. The fourth-order valence-electron chi connectivity index (χ4n) is 6.37. The Bertz CT molecular complexity index is 2150. The van der Waals surface area contributed by atoms with Crippen LogP contribution in [-0.2, 0) is 4.74 Å². The summed E-state index contributed by atoms with van der Waals surface area (Å²) in [5.74, 6) is 0.813. The van der Waals surface area contributed by atoms with Crippen LogP contribution in [0.2, 0.25) is 0 Å². The van der Waals surface area contributed by atoms with Gasteiger partial charge in [0.25, 0.3) is 0 Å². The van der Waals surface area contributed by atoms with Crippen molar-refractivity contribution in [2.24, 2.45) is 0 Å². The normalized spacial score (nSPS) is 16.4. The third-order valence-corrected chi connectivity index (χ3v) is 8.59. The molecule has 0 atom stereocenters. The monoisotopic (exact) mass is 578 g/mol. The Morgan fingerprint density at radius 2 is 1.11 bits per heavy atom. The molecule has 45 heavy (non-hydrogen) atoms. The van der Waals surface area contributed by atoms with Gasteiger partial charge in [-0.05, 0) is 108 Å². The summed E-state index contributed by atoms with van der Waals surface area (Å²) in [7, 11) is 1.73. The van der Waals surface area contributed by atoms with Gasteiger partial charge in [-0.3, -0.25) is 0 Å². The summed E-state index contributed by atoms with van der Waals surface area (Å²) < 4.78 is 5.85. The Morgan fingerprint density at radius 3 is 1.80 bits per heavy atom. The van der Waals surface area contributed by atoms with Crippen LogP contribution >= 0.6 is 0 Å². The van der Waals surface area contributed by atoms with E-state index in [2.05, 4.69) is 164 Å². The standard InChI is InChI=1S/C44H34O/c1-31-24-25-38(45-2)26-27-40(37-29-35(32-14-5-3-6-15-32)28-36(30-37)33-16-7-4-8-17-33)41-21-11-12-22-43(41)44(31)42-23-13-19-34-18-9-10-20-39(34)42/h3-26,28-30H,1,27H2,2H3/b25-24-,38-26+,41-40+,44-43?. The van der Waals surface area contributed by atoms with E-state index in [9.17, 15) is 0 Å². The second-order valence-corrected chi connectivity index (χ2v) is 11.3. The van der Waals surface area contributed by atoms with Crippen LogP contribution in [0, 0.1) is 0 Å². The molecule has 6 aromatic rings. The zero-order valence-electron chi connectivity index (χ0n) is 25.4. The number of methoxy groups -OCH3 is 1. The van der Waals surface area contributed by atoms with Crippen molar-refractivity contribution in [1.82, 2.24) is 0 Å². The zero-order valence-corrected chi connectivity index (χ0v) is 25.4. The highest BCUT2D eigenvalue weighted by molar-refractivity contribution is 5.98. The lowest BCUT2D eigenvalue weighted by Gasteiger charge is -2.17. The SMILES string of the molecule is C=C1/C=C\C(OC)=C/C/C(c2cc(-c3ccccc3)cc(-c3ccccc3)c2)=c2/ccccc2=C1c1cccc2ccccc12. The quantitative estimate of drug-likeness (QED) is 0.198. The molecule has 0 saturated carbocycles. The molecule has 0 N–H and O–H groups in total. The zero-order chi connectivity index (χ0) is 30.6. The van der Waals surface area contributed by atoms with Crippen molar-refractivity contribution in [3.8, 4) is 22.3 Å². The summed E-state index contributed by atoms with van der Waals surface area (Å²) in [6.07, 6.45) is 7.00. The number of rotatable bonds is 5. The summed E-state index contributed by atoms with van der Waals surface area (Å²) in [5.41, 5.74) is 10.4. The van der Waals surface area contributed by atoms with Gasteiger partial charge in [0.2, 0.25) is 0 Å². The van der Waals surface area contributed by atoms with Gasteiger partial charge in [-0.15, -0.1) is 0 Å². The Morgan fingerprint density at radius 1 is 0.533 bits per heavy atom. The second kappa shape index (κ2) is 12.5. The van der Waals surface area contributed by atoms with E-state index in [0.29, 0.717) is 6.42 Å². The lowest BCUT2D eigenvalue weighted by molar-refractivity contribution is 0.305. The average Bonchev–Trinajstić information content (AvgIpc) is 3.11. The van der Waals surface area contributed by atoms with Gasteiger partial charge in [-0.1, -0.05) is 140 Å². The lowest BCUT2D eigenvalue weighted by atomic mass is 9.87. The molecule has 0 fully saturated rings. The van der Waals surface area contributed by atoms with Gasteiger partial charge in [0.15, 0.2) is 0 Å². The molecule has 0 aromatic heterocycles. The Kier molecular flexibility index (Phi) is 7.83. The first-order valence-electron chi connectivity index (χ1n) is 15.4. The molecule has 0 amide bonds. The van der Waals surface area contributed by atoms with E-state index >= 15 is 0 Å². The van der Waals surface area contributed by atoms with Gasteiger partial charge in [-0.25, -0.2) is 0 Å². The predicted molar refractivity (Wildman–Crippen MR) is 190 cm³/mol. The first kappa shape index (κ1) is 28.1. The van der Waals surface area contributed by atoms with Crippen molar-refractivity contribution in [3.63, 3.8) is 0 Å². The molecule has 1 aliphatic rings. The van der Waals surface area contributed by atoms with Crippen molar-refractivity contribution >= 4 is 21.9 Å². The summed E-state index contributed by atoms with van der Waals surface area (Å²) in [6, 6.07) is 52.2. The van der Waals surface area contributed by atoms with E-state index < -0.39 is 0 Å². The van der Waals surface area contributed by atoms with Crippen molar-refractivity contribution < 1.29 is 4.74 Å². The third-order valence-electron chi connectivity index (χ3n) is 8.59. The van der Waals surface area contributed by atoms with Gasteiger partial charge >= 0.3 is 0 Å². The number of fused-ring (bicyclic) bond motifs is 2. The summed E-state index contributed by atoms with van der Waals surface area (Å²) >= 11 is 0. The summed E-state index contributed by atoms with van der Waals surface area (Å²) in [5, 5.41) is 4.77. The molecule has 0 heterocycles. The molecule has 1 nitrogen and oxygen atoms in total. The number of allylic oxidation sites excluding steroid dienone is 4. The molecule has 0 radical (unpaired) electrons. The highest BCUT2D eigenvalue weighted by atomic mass is 16.5. The van der Waals surface area contributed by atoms with Gasteiger partial charge in [-0.2, -0.15) is 0 Å². The fraction of sp³-hybridized carbons (Fsp3) is 0.0455. The topological polar surface area (TPSA) is 9.23 Å². The maximum Gasteiger partial charge on any atom is 0.115 e. The highest BCUT2D eigenvalue weighted by Crippen LogP contribution is 2.33. The highest BCUT2D eigenvalue weighted by Gasteiger charge is 2.15. The fourth-order valence-corrected chi connectivity index (χ4v) is 6.37. The van der Waals surface area contributed by atoms with Crippen molar-refractivity contribution in [2.75, 3.05) is 7.11 Å². The molecule has 0 bridgehead atoms. The maximum atomic E-state index is 5.85. The van der Waals surface area contributed by atoms with Crippen molar-refractivity contribution in [1.29, 1.82) is 0 Å². The third kappa shape index (κ3) is 5.69. The van der Waals surface area contributed by atoms with Gasteiger partial charge < -0.3 is 4.74 Å². The van der Waals surface area contributed by atoms with Crippen molar-refractivity contribution in [3.05, 3.63) is 203 Å². The minimum absolute atomic E-state index is 0.701. The number of benzene rings is 6. The van der Waals surface area contributed by atoms with Crippen molar-refractivity contribution in [2.45, 2.75) is 6.42 Å². The molecular formula is C44H34O. The summed E-state index contributed by atoms with van der Waals surface area (Å²) in [4.78, 5) is 0. The molecule has 6 aromatic carbocycles. The van der Waals surface area contributed by atoms with E-state index in [4.69, 9.17) is 4.74 Å². The van der Waals surface area contributed by atoms with Crippen LogP contribution in [0.15, 0.2) is 182 Å². The Hall–Kier alpha value is -5.66. The number of hydrogen-bond donors (Lipinski definition) is 0. The van der Waals surface area contributed by atoms with E-state index in [1.807, 2.05) is 6.08 Å². The van der Waals surface area contributed by atoms with Gasteiger partial charge in [0.1, 0.15) is 5.76 Å². The number of ether oxygens (including phenoxy) is 1. The molecule has 7 rings (SSSR count). The molecule has 1 heteroatoms. The van der Waals surface area contributed by atoms with Crippen LogP contribution in [0.1, 0.15) is 17.5 Å². The molecule has 1 aliphatic carbocycles. The van der Waals surface area contributed by atoms with Gasteiger partial charge in [0, 0.05) is 0 Å². The van der Waals surface area contributed by atoms with Crippen LogP contribution in [0.4, 0.5) is 0 Å². The maximum absolute atomic E-state index is 5.85. The Balaban J connectivity index is 1.61. The van der Waals surface area contributed by atoms with Crippen LogP contribution in [-0.4, -0.2) is 7.11 Å². The first-order chi connectivity index (χ1) is 22.2. The summed E-state index contributed by atoms with van der Waals surface area (Å²) in [6.45, 7) is 4.61. The average molecular weight is 579 g/mol. The Labute approximate surface area is 265 Å². The lowest BCUT2D eigenvalue weighted by Crippen LogP contribution is -2.30. The molecule has 0 spiro atoms. The van der Waals surface area contributed by atoms with E-state index in [1.54, 1.807) is 7.11 Å².